The quantitative estimate of drug-likeness (QED) is 0.550. The van der Waals surface area contributed by atoms with Gasteiger partial charge in [0.05, 0.1) is 6.61 Å². The number of esters is 1. The van der Waals surface area contributed by atoms with Crippen molar-refractivity contribution in [2.75, 3.05) is 6.61 Å². The van der Waals surface area contributed by atoms with Crippen molar-refractivity contribution >= 4 is 28.2 Å². The van der Waals surface area contributed by atoms with Gasteiger partial charge in [0, 0.05) is 0 Å². The Morgan fingerprint density at radius 3 is 2.25 bits per heavy atom. The molecule has 0 rings (SSSR count). The topological polar surface area (TPSA) is 52.6 Å². The smallest absolute Gasteiger partial charge is 0.331 e. The summed E-state index contributed by atoms with van der Waals surface area (Å²) in [6, 6.07) is 0. The summed E-state index contributed by atoms with van der Waals surface area (Å²) in [7, 11) is 0. The molecule has 0 aromatic heterocycles. The molecule has 0 N–H and O–H groups in total. The van der Waals surface area contributed by atoms with Gasteiger partial charge in [0.15, 0.2) is 22.2 Å². The molecule has 12 heavy (non-hydrogen) atoms. The Kier molecular flexibility index (Phi) is 5.70. The summed E-state index contributed by atoms with van der Waals surface area (Å²) in [6.07, 6.45) is 0.378. The van der Waals surface area contributed by atoms with Gasteiger partial charge >= 0.3 is 11.9 Å². The average molecular weight is 239 g/mol. The predicted molar refractivity (Wildman–Crippen MR) is 45.4 cm³/mol. The zero-order valence-electron chi connectivity index (χ0n) is 7.00. The standard InChI is InChI=1S/C7H11BrO4/c1-3-5(7(10)12-8)6(9)11-4-2/h5H,3-4H2,1-2H3. The van der Waals surface area contributed by atoms with Gasteiger partial charge in [-0.3, -0.25) is 9.59 Å². The van der Waals surface area contributed by atoms with E-state index in [0.717, 1.165) is 0 Å². The first kappa shape index (κ1) is 11.4. The van der Waals surface area contributed by atoms with Crippen LogP contribution in [0.5, 0.6) is 0 Å². The first-order valence-corrected chi connectivity index (χ1v) is 4.31. The van der Waals surface area contributed by atoms with E-state index in [1.54, 1.807) is 13.8 Å². The normalized spacial score (nSPS) is 11.9. The van der Waals surface area contributed by atoms with E-state index in [1.165, 1.54) is 0 Å². The van der Waals surface area contributed by atoms with E-state index in [2.05, 4.69) is 24.8 Å². The van der Waals surface area contributed by atoms with Crippen LogP contribution in [0.25, 0.3) is 0 Å². The lowest BCUT2D eigenvalue weighted by molar-refractivity contribution is -0.156. The number of halogens is 1. The van der Waals surface area contributed by atoms with Crippen LogP contribution in [-0.4, -0.2) is 18.5 Å². The van der Waals surface area contributed by atoms with Crippen LogP contribution in [0.3, 0.4) is 0 Å². The van der Waals surface area contributed by atoms with E-state index in [1.807, 2.05) is 0 Å². The third kappa shape index (κ3) is 3.21. The zero-order valence-corrected chi connectivity index (χ0v) is 8.59. The van der Waals surface area contributed by atoms with Gasteiger partial charge < -0.3 is 8.57 Å². The van der Waals surface area contributed by atoms with Crippen molar-refractivity contribution in [1.29, 1.82) is 0 Å². The number of carbonyl (C=O) groups excluding carboxylic acids is 2. The van der Waals surface area contributed by atoms with Crippen LogP contribution in [0, 0.1) is 5.92 Å². The molecule has 4 nitrogen and oxygen atoms in total. The summed E-state index contributed by atoms with van der Waals surface area (Å²) in [5, 5.41) is 0. The first-order chi connectivity index (χ1) is 5.67. The van der Waals surface area contributed by atoms with Gasteiger partial charge in [-0.1, -0.05) is 6.92 Å². The third-order valence-corrected chi connectivity index (χ3v) is 1.66. The fourth-order valence-corrected chi connectivity index (χ4v) is 0.952. The van der Waals surface area contributed by atoms with Crippen molar-refractivity contribution in [2.24, 2.45) is 5.92 Å². The molecule has 0 aliphatic rings. The first-order valence-electron chi connectivity index (χ1n) is 3.66. The molecule has 1 atom stereocenters. The predicted octanol–water partition coefficient (Wildman–Crippen LogP) is 1.43. The average Bonchev–Trinajstić information content (AvgIpc) is 2.06. The Balaban J connectivity index is 4.14. The number of hydrogen-bond acceptors (Lipinski definition) is 4. The van der Waals surface area contributed by atoms with E-state index < -0.39 is 17.9 Å². The van der Waals surface area contributed by atoms with E-state index >= 15 is 0 Å². The maximum Gasteiger partial charge on any atom is 0.331 e. The van der Waals surface area contributed by atoms with Crippen molar-refractivity contribution in [3.05, 3.63) is 0 Å². The van der Waals surface area contributed by atoms with E-state index in [9.17, 15) is 9.59 Å². The van der Waals surface area contributed by atoms with Gasteiger partial charge in [0.25, 0.3) is 0 Å². The molecule has 0 aromatic rings. The van der Waals surface area contributed by atoms with Gasteiger partial charge in [0.2, 0.25) is 0 Å². The molecule has 0 aliphatic heterocycles. The summed E-state index contributed by atoms with van der Waals surface area (Å²) in [5.41, 5.74) is 0. The highest BCUT2D eigenvalue weighted by Gasteiger charge is 2.27. The lowest BCUT2D eigenvalue weighted by Crippen LogP contribution is -2.25. The summed E-state index contributed by atoms with van der Waals surface area (Å²) in [6.45, 7) is 3.67. The Morgan fingerprint density at radius 2 is 1.92 bits per heavy atom. The fourth-order valence-electron chi connectivity index (χ4n) is 0.726. The molecule has 0 heterocycles. The molecule has 0 aliphatic carbocycles. The molecule has 0 spiro atoms. The van der Waals surface area contributed by atoms with Crippen molar-refractivity contribution in [3.8, 4) is 0 Å². The van der Waals surface area contributed by atoms with Crippen LogP contribution < -0.4 is 0 Å². The van der Waals surface area contributed by atoms with Crippen LogP contribution in [0.4, 0.5) is 0 Å². The molecule has 70 valence electrons. The van der Waals surface area contributed by atoms with Gasteiger partial charge in [-0.05, 0) is 13.3 Å². The van der Waals surface area contributed by atoms with Gasteiger partial charge in [-0.15, -0.1) is 0 Å². The Labute approximate surface area is 79.7 Å². The van der Waals surface area contributed by atoms with Crippen LogP contribution in [0.15, 0.2) is 0 Å². The highest BCUT2D eigenvalue weighted by Crippen LogP contribution is 2.09. The molecule has 0 fully saturated rings. The minimum Gasteiger partial charge on any atom is -0.465 e. The molecular formula is C7H11BrO4. The molecule has 0 bridgehead atoms. The van der Waals surface area contributed by atoms with Crippen LogP contribution >= 0.6 is 16.3 Å². The largest absolute Gasteiger partial charge is 0.465 e. The zero-order chi connectivity index (χ0) is 9.56. The second-order valence-electron chi connectivity index (χ2n) is 2.11. The van der Waals surface area contributed by atoms with E-state index in [4.69, 9.17) is 0 Å². The minimum absolute atomic E-state index is 0.269. The third-order valence-electron chi connectivity index (χ3n) is 1.34. The van der Waals surface area contributed by atoms with Gasteiger partial charge in [0.1, 0.15) is 0 Å². The summed E-state index contributed by atoms with van der Waals surface area (Å²) in [5.74, 6) is -1.97. The summed E-state index contributed by atoms with van der Waals surface area (Å²) < 4.78 is 8.90. The number of rotatable bonds is 4. The fraction of sp³-hybridized carbons (Fsp3) is 0.714. The lowest BCUT2D eigenvalue weighted by Gasteiger charge is -2.09. The Hall–Kier alpha value is -0.580. The van der Waals surface area contributed by atoms with Crippen molar-refractivity contribution in [1.82, 2.24) is 0 Å². The highest BCUT2D eigenvalue weighted by molar-refractivity contribution is 9.06. The van der Waals surface area contributed by atoms with Crippen molar-refractivity contribution in [2.45, 2.75) is 20.3 Å². The monoisotopic (exact) mass is 238 g/mol. The molecule has 0 aromatic carbocycles. The Morgan fingerprint density at radius 1 is 1.33 bits per heavy atom. The molecule has 1 unspecified atom stereocenters. The Bertz CT molecular complexity index is 169. The number of hydrogen-bond donors (Lipinski definition) is 0. The van der Waals surface area contributed by atoms with Gasteiger partial charge in [-0.25, -0.2) is 0 Å². The van der Waals surface area contributed by atoms with Crippen LogP contribution in [-0.2, 0) is 18.2 Å². The molecule has 0 saturated carbocycles. The van der Waals surface area contributed by atoms with E-state index in [0.29, 0.717) is 6.42 Å². The summed E-state index contributed by atoms with van der Waals surface area (Å²) >= 11 is 2.52. The second-order valence-corrected chi connectivity index (χ2v) is 2.43. The second kappa shape index (κ2) is 5.99. The minimum atomic E-state index is -0.815. The molecule has 5 heteroatoms. The molecule has 0 amide bonds. The van der Waals surface area contributed by atoms with Crippen molar-refractivity contribution in [3.63, 3.8) is 0 Å². The van der Waals surface area contributed by atoms with E-state index in [-0.39, 0.29) is 6.61 Å². The van der Waals surface area contributed by atoms with Crippen molar-refractivity contribution < 1.29 is 18.2 Å². The van der Waals surface area contributed by atoms with Crippen LogP contribution in [0.2, 0.25) is 0 Å². The number of ether oxygens (including phenoxy) is 1. The molecule has 0 saturated heterocycles. The maximum atomic E-state index is 11.0. The molecule has 0 radical (unpaired) electrons. The molecular weight excluding hydrogens is 228 g/mol. The maximum absolute atomic E-state index is 11.0. The van der Waals surface area contributed by atoms with Gasteiger partial charge in [-0.2, -0.15) is 0 Å². The van der Waals surface area contributed by atoms with Crippen LogP contribution in [0.1, 0.15) is 20.3 Å². The summed E-state index contributed by atoms with van der Waals surface area (Å²) in [4.78, 5) is 21.9. The number of carbonyl (C=O) groups is 2. The highest BCUT2D eigenvalue weighted by atomic mass is 79.9. The SMILES string of the molecule is CCOC(=O)C(CC)C(=O)OBr. The lowest BCUT2D eigenvalue weighted by atomic mass is 10.1.